The lowest BCUT2D eigenvalue weighted by Gasteiger charge is -2.07. The van der Waals surface area contributed by atoms with Gasteiger partial charge in [0.15, 0.2) is 5.76 Å². The molecule has 112 valence electrons. The van der Waals surface area contributed by atoms with Crippen LogP contribution in [-0.2, 0) is 19.4 Å². The van der Waals surface area contributed by atoms with Crippen molar-refractivity contribution in [3.8, 4) is 0 Å². The van der Waals surface area contributed by atoms with Crippen LogP contribution in [0, 0.1) is 6.92 Å². The molecule has 2 aromatic heterocycles. The number of carbonyl (C=O) groups is 1. The summed E-state index contributed by atoms with van der Waals surface area (Å²) >= 11 is 0. The summed E-state index contributed by atoms with van der Waals surface area (Å²) in [4.78, 5) is 12.0. The fourth-order valence-electron chi connectivity index (χ4n) is 2.70. The molecule has 0 atom stereocenters. The first kappa shape index (κ1) is 13.9. The Morgan fingerprint density at radius 3 is 3.10 bits per heavy atom. The molecular weight excluding hydrogens is 268 g/mol. The lowest BCUT2D eigenvalue weighted by molar-refractivity contribution is 0.0925. The Balaban J connectivity index is 1.57. The van der Waals surface area contributed by atoms with Gasteiger partial charge in [-0.2, -0.15) is 0 Å². The zero-order valence-electron chi connectivity index (χ0n) is 12.3. The summed E-state index contributed by atoms with van der Waals surface area (Å²) in [6, 6.07) is 1.79. The molecule has 1 aliphatic heterocycles. The van der Waals surface area contributed by atoms with E-state index in [1.165, 1.54) is 25.5 Å². The lowest BCUT2D eigenvalue weighted by atomic mass is 10.2. The minimum atomic E-state index is -0.173. The van der Waals surface area contributed by atoms with E-state index in [1.807, 2.05) is 6.92 Å². The van der Waals surface area contributed by atoms with Gasteiger partial charge in [0.05, 0.1) is 6.26 Å². The Labute approximate surface area is 123 Å². The van der Waals surface area contributed by atoms with Gasteiger partial charge in [0.1, 0.15) is 11.6 Å². The van der Waals surface area contributed by atoms with Crippen molar-refractivity contribution in [3.63, 3.8) is 0 Å². The smallest absolute Gasteiger partial charge is 0.287 e. The fraction of sp³-hybridized carbons (Fsp3) is 0.533. The minimum absolute atomic E-state index is 0.173. The van der Waals surface area contributed by atoms with Gasteiger partial charge >= 0.3 is 0 Å². The molecule has 21 heavy (non-hydrogen) atoms. The summed E-state index contributed by atoms with van der Waals surface area (Å²) in [7, 11) is 0. The van der Waals surface area contributed by atoms with Gasteiger partial charge in [0.2, 0.25) is 0 Å². The Bertz CT molecular complexity index is 629. The van der Waals surface area contributed by atoms with Crippen molar-refractivity contribution in [1.29, 1.82) is 0 Å². The molecule has 0 bridgehead atoms. The molecular formula is C15H20N4O2. The predicted molar refractivity (Wildman–Crippen MR) is 77.1 cm³/mol. The van der Waals surface area contributed by atoms with Crippen LogP contribution in [0.2, 0.25) is 0 Å². The largest absolute Gasteiger partial charge is 0.459 e. The van der Waals surface area contributed by atoms with Crippen molar-refractivity contribution in [2.45, 2.75) is 45.6 Å². The highest BCUT2D eigenvalue weighted by Gasteiger charge is 2.16. The summed E-state index contributed by atoms with van der Waals surface area (Å²) in [5.74, 6) is 2.25. The van der Waals surface area contributed by atoms with Crippen LogP contribution in [0.1, 0.15) is 47.0 Å². The molecule has 0 spiro atoms. The molecule has 0 saturated heterocycles. The maximum atomic E-state index is 12.0. The average molecular weight is 288 g/mol. The maximum absolute atomic E-state index is 12.0. The molecule has 0 aromatic carbocycles. The van der Waals surface area contributed by atoms with E-state index in [0.717, 1.165) is 30.2 Å². The van der Waals surface area contributed by atoms with Crippen molar-refractivity contribution in [2.75, 3.05) is 6.54 Å². The van der Waals surface area contributed by atoms with Crippen molar-refractivity contribution >= 4 is 5.91 Å². The number of hydrogen-bond donors (Lipinski definition) is 1. The topological polar surface area (TPSA) is 73.0 Å². The van der Waals surface area contributed by atoms with E-state index in [2.05, 4.69) is 20.1 Å². The molecule has 0 aliphatic carbocycles. The van der Waals surface area contributed by atoms with Crippen molar-refractivity contribution in [2.24, 2.45) is 0 Å². The molecule has 2 aromatic rings. The minimum Gasteiger partial charge on any atom is -0.459 e. The van der Waals surface area contributed by atoms with Crippen LogP contribution in [0.15, 0.2) is 16.7 Å². The van der Waals surface area contributed by atoms with Crippen LogP contribution in [-0.4, -0.2) is 27.2 Å². The highest BCUT2D eigenvalue weighted by Crippen LogP contribution is 2.14. The van der Waals surface area contributed by atoms with Gasteiger partial charge in [-0.3, -0.25) is 4.79 Å². The standard InChI is InChI=1S/C15H20N4O2/c1-11-7-10-21-14(11)15(20)16-8-6-13-18-17-12-5-3-2-4-9-19(12)13/h7,10H,2-6,8-9H2,1H3,(H,16,20). The van der Waals surface area contributed by atoms with E-state index < -0.39 is 0 Å². The number of carbonyl (C=O) groups excluding carboxylic acids is 1. The molecule has 0 saturated carbocycles. The van der Waals surface area contributed by atoms with Gasteiger partial charge in [-0.15, -0.1) is 10.2 Å². The monoisotopic (exact) mass is 288 g/mol. The van der Waals surface area contributed by atoms with Crippen LogP contribution < -0.4 is 5.32 Å². The van der Waals surface area contributed by atoms with Gasteiger partial charge in [-0.05, 0) is 25.8 Å². The SMILES string of the molecule is Cc1ccoc1C(=O)NCCc1nnc2n1CCCCC2. The fourth-order valence-corrected chi connectivity index (χ4v) is 2.70. The van der Waals surface area contributed by atoms with Gasteiger partial charge in [-0.1, -0.05) is 6.42 Å². The number of fused-ring (bicyclic) bond motifs is 1. The molecule has 6 heteroatoms. The molecule has 0 unspecified atom stereocenters. The predicted octanol–water partition coefficient (Wildman–Crippen LogP) is 1.88. The first-order chi connectivity index (χ1) is 10.3. The molecule has 1 amide bonds. The Kier molecular flexibility index (Phi) is 4.03. The van der Waals surface area contributed by atoms with Crippen molar-refractivity contribution in [3.05, 3.63) is 35.3 Å². The Hall–Kier alpha value is -2.11. The lowest BCUT2D eigenvalue weighted by Crippen LogP contribution is -2.26. The third-order valence-corrected chi connectivity index (χ3v) is 3.89. The molecule has 1 N–H and O–H groups in total. The number of amides is 1. The summed E-state index contributed by atoms with van der Waals surface area (Å²) in [6.45, 7) is 3.39. The number of nitrogens with one attached hydrogen (secondary N) is 1. The number of hydrogen-bond acceptors (Lipinski definition) is 4. The Morgan fingerprint density at radius 1 is 1.38 bits per heavy atom. The summed E-state index contributed by atoms with van der Waals surface area (Å²) in [6.07, 6.45) is 6.84. The van der Waals surface area contributed by atoms with Crippen LogP contribution >= 0.6 is 0 Å². The number of furan rings is 1. The maximum Gasteiger partial charge on any atom is 0.287 e. The molecule has 3 heterocycles. The second-order valence-corrected chi connectivity index (χ2v) is 5.43. The average Bonchev–Trinajstić information content (AvgIpc) is 2.99. The highest BCUT2D eigenvalue weighted by molar-refractivity contribution is 5.92. The van der Waals surface area contributed by atoms with Gasteiger partial charge in [0.25, 0.3) is 5.91 Å². The van der Waals surface area contributed by atoms with Crippen molar-refractivity contribution < 1.29 is 9.21 Å². The zero-order valence-corrected chi connectivity index (χ0v) is 12.3. The van der Waals surface area contributed by atoms with Gasteiger partial charge in [0, 0.05) is 31.5 Å². The van der Waals surface area contributed by atoms with E-state index in [-0.39, 0.29) is 5.91 Å². The van der Waals surface area contributed by atoms with Crippen LogP contribution in [0.4, 0.5) is 0 Å². The number of rotatable bonds is 4. The number of aryl methyl sites for hydroxylation is 2. The quantitative estimate of drug-likeness (QED) is 0.932. The number of aromatic nitrogens is 3. The molecule has 3 rings (SSSR count). The third-order valence-electron chi connectivity index (χ3n) is 3.89. The summed E-state index contributed by atoms with van der Waals surface area (Å²) in [5.41, 5.74) is 0.851. The zero-order chi connectivity index (χ0) is 14.7. The molecule has 0 radical (unpaired) electrons. The number of nitrogens with zero attached hydrogens (tertiary/aromatic N) is 3. The summed E-state index contributed by atoms with van der Waals surface area (Å²) < 4.78 is 7.38. The van der Waals surface area contributed by atoms with Crippen LogP contribution in [0.3, 0.4) is 0 Å². The van der Waals surface area contributed by atoms with E-state index in [1.54, 1.807) is 6.07 Å². The normalized spacial score (nSPS) is 14.5. The van der Waals surface area contributed by atoms with E-state index in [9.17, 15) is 4.79 Å². The third kappa shape index (κ3) is 2.99. The van der Waals surface area contributed by atoms with E-state index >= 15 is 0 Å². The second-order valence-electron chi connectivity index (χ2n) is 5.43. The summed E-state index contributed by atoms with van der Waals surface area (Å²) in [5, 5.41) is 11.4. The van der Waals surface area contributed by atoms with Crippen LogP contribution in [0.5, 0.6) is 0 Å². The highest BCUT2D eigenvalue weighted by atomic mass is 16.3. The van der Waals surface area contributed by atoms with E-state index in [4.69, 9.17) is 4.42 Å². The van der Waals surface area contributed by atoms with Gasteiger partial charge in [-0.25, -0.2) is 0 Å². The molecule has 0 fully saturated rings. The van der Waals surface area contributed by atoms with Gasteiger partial charge < -0.3 is 14.3 Å². The Morgan fingerprint density at radius 2 is 2.29 bits per heavy atom. The van der Waals surface area contributed by atoms with E-state index in [0.29, 0.717) is 18.7 Å². The van der Waals surface area contributed by atoms with Crippen LogP contribution in [0.25, 0.3) is 0 Å². The molecule has 1 aliphatic rings. The second kappa shape index (κ2) is 6.11. The first-order valence-electron chi connectivity index (χ1n) is 7.49. The van der Waals surface area contributed by atoms with Crippen molar-refractivity contribution in [1.82, 2.24) is 20.1 Å². The molecule has 6 nitrogen and oxygen atoms in total. The first-order valence-corrected chi connectivity index (χ1v) is 7.49.